The summed E-state index contributed by atoms with van der Waals surface area (Å²) in [4.78, 5) is 0. The van der Waals surface area contributed by atoms with Gasteiger partial charge in [0.15, 0.2) is 66.5 Å². The highest BCUT2D eigenvalue weighted by atomic mass is 28.6. The standard InChI is InChI=1S/C40H104O20Si16/c1-41-61(9,10)25-33-69-49-70(34-26-62(11,12)42-2)52-73(37-29-65(17,18)45-5)54-71(50-69,35-27-63(13,14)43-3)56-75(39-31-67(21,22)47-7)57-72(51-69,36-28-64(15,16)44-4)55-74(53-70,38-30-66(19,20)46-6)59-76(58-73,60-75)40-32-68(23,24)48-8/h25-40H2,1-24H3. The van der Waals surface area contributed by atoms with Crippen LogP contribution < -0.4 is 0 Å². The Morgan fingerprint density at radius 3 is 0.329 bits per heavy atom. The molecule has 76 heavy (non-hydrogen) atoms. The van der Waals surface area contributed by atoms with Crippen LogP contribution in [-0.2, 0) is 84.8 Å². The zero-order chi connectivity index (χ0) is 57.5. The van der Waals surface area contributed by atoms with Crippen molar-refractivity contribution in [2.24, 2.45) is 0 Å². The minimum absolute atomic E-state index is 0.346. The number of hydrogen-bond acceptors (Lipinski definition) is 20. The maximum atomic E-state index is 8.24. The van der Waals surface area contributed by atoms with Crippen molar-refractivity contribution >= 4 is 137 Å². The number of rotatable bonds is 32. The van der Waals surface area contributed by atoms with E-state index in [-0.39, 0.29) is 0 Å². The van der Waals surface area contributed by atoms with Crippen molar-refractivity contribution in [3.05, 3.63) is 0 Å². The van der Waals surface area contributed by atoms with Crippen LogP contribution in [0.25, 0.3) is 0 Å². The predicted molar refractivity (Wildman–Crippen MR) is 332 cm³/mol. The summed E-state index contributed by atoms with van der Waals surface area (Å²) in [6, 6.07) is 7.70. The van der Waals surface area contributed by atoms with E-state index < -0.39 is 137 Å². The molecule has 6 aliphatic heterocycles. The summed E-state index contributed by atoms with van der Waals surface area (Å²) in [6.07, 6.45) is 0. The smallest absolute Gasteiger partial charge is 0.420 e. The van der Waals surface area contributed by atoms with Gasteiger partial charge in [-0.1, -0.05) is 0 Å². The lowest BCUT2D eigenvalue weighted by molar-refractivity contribution is -0.0291. The van der Waals surface area contributed by atoms with Gasteiger partial charge in [0, 0.05) is 105 Å². The summed E-state index contributed by atoms with van der Waals surface area (Å²) in [6.45, 7) is 35.3. The molecule has 8 bridgehead atoms. The first kappa shape index (κ1) is 69.4. The Kier molecular flexibility index (Phi) is 23.0. The van der Waals surface area contributed by atoms with Crippen molar-refractivity contribution in [1.29, 1.82) is 0 Å². The SMILES string of the molecule is CO[Si](C)(C)CC[Si]12O[Si]3(CC[Si](C)(C)OC)O[Si]4(CC[Si](C)(C)OC)O[Si](CC[Si](C)(C)OC)(O1)O[Si]1(CC[Si](C)(C)OC)O[Si](CC[Si](C)(C)OC)(O2)O[Si](CC[Si](C)(C)OC)(O3)O[Si](CC[Si](C)(C)OC)(O4)O1. The van der Waals surface area contributed by atoms with Crippen LogP contribution in [0.3, 0.4) is 0 Å². The van der Waals surface area contributed by atoms with Crippen molar-refractivity contribution in [3.63, 3.8) is 0 Å². The minimum atomic E-state index is -4.31. The third-order valence-electron chi connectivity index (χ3n) is 16.4. The highest BCUT2D eigenvalue weighted by Gasteiger charge is 2.83. The fourth-order valence-electron chi connectivity index (χ4n) is 9.02. The molecule has 0 atom stereocenters. The second-order valence-corrected chi connectivity index (χ2v) is 86.5. The molecule has 0 saturated carbocycles. The van der Waals surface area contributed by atoms with Crippen molar-refractivity contribution in [2.45, 2.75) is 201 Å². The van der Waals surface area contributed by atoms with Gasteiger partial charge in [-0.3, -0.25) is 0 Å². The molecule has 6 fully saturated rings. The number of hydrogen-bond donors (Lipinski definition) is 0. The molecule has 0 spiro atoms. The molecule has 6 saturated heterocycles. The van der Waals surface area contributed by atoms with Crippen molar-refractivity contribution < 1.29 is 84.8 Å². The molecule has 36 heteroatoms. The molecular weight excluding hydrogens is 1250 g/mol. The van der Waals surface area contributed by atoms with E-state index in [9.17, 15) is 0 Å². The van der Waals surface area contributed by atoms with Gasteiger partial charge in [0.1, 0.15) is 0 Å². The van der Waals surface area contributed by atoms with Crippen molar-refractivity contribution in [2.75, 3.05) is 56.9 Å². The van der Waals surface area contributed by atoms with Gasteiger partial charge in [-0.25, -0.2) is 0 Å². The van der Waals surface area contributed by atoms with Crippen LogP contribution in [0.2, 0.25) is 201 Å². The summed E-state index contributed by atoms with van der Waals surface area (Å²) in [5.74, 6) is 0. The predicted octanol–water partition coefficient (Wildman–Crippen LogP) is 10.6. The molecule has 0 unspecified atom stereocenters. The Labute approximate surface area is 476 Å². The second-order valence-electron chi connectivity index (χ2n) is 26.4. The van der Waals surface area contributed by atoms with Crippen LogP contribution in [0.4, 0.5) is 0 Å². The van der Waals surface area contributed by atoms with E-state index in [4.69, 9.17) is 84.8 Å². The molecule has 0 radical (unpaired) electrons. The Morgan fingerprint density at radius 2 is 0.263 bits per heavy atom. The molecular formula is C40H104O20Si16. The zero-order valence-electron chi connectivity index (χ0n) is 51.5. The summed E-state index contributed by atoms with van der Waals surface area (Å²) in [7, 11) is -39.4. The first-order chi connectivity index (χ1) is 34.6. The van der Waals surface area contributed by atoms with E-state index in [1.807, 2.05) is 0 Å². The molecule has 0 aromatic carbocycles. The monoisotopic (exact) mass is 1350 g/mol. The molecule has 6 aliphatic rings. The Hall–Kier alpha value is 2.67. The van der Waals surface area contributed by atoms with Gasteiger partial charge in [-0.2, -0.15) is 0 Å². The molecule has 20 nitrogen and oxygen atoms in total. The third-order valence-corrected chi connectivity index (χ3v) is 77.6. The van der Waals surface area contributed by atoms with Gasteiger partial charge < -0.3 is 84.8 Å². The van der Waals surface area contributed by atoms with Crippen LogP contribution in [0.15, 0.2) is 0 Å². The van der Waals surface area contributed by atoms with E-state index in [1.54, 1.807) is 56.9 Å². The average molecular weight is 1350 g/mol. The Morgan fingerprint density at radius 1 is 0.184 bits per heavy atom. The van der Waals surface area contributed by atoms with Gasteiger partial charge in [0.25, 0.3) is 0 Å². The lowest BCUT2D eigenvalue weighted by Gasteiger charge is -2.64. The van der Waals surface area contributed by atoms with Crippen LogP contribution in [-0.4, -0.2) is 194 Å². The zero-order valence-corrected chi connectivity index (χ0v) is 67.5. The van der Waals surface area contributed by atoms with Crippen molar-refractivity contribution in [1.82, 2.24) is 0 Å². The van der Waals surface area contributed by atoms with Crippen LogP contribution in [0.1, 0.15) is 0 Å². The molecule has 0 aromatic heterocycles. The van der Waals surface area contributed by atoms with Crippen LogP contribution >= 0.6 is 0 Å². The summed E-state index contributed by atoms with van der Waals surface area (Å²) >= 11 is 0. The lowest BCUT2D eigenvalue weighted by atomic mass is 10.9. The lowest BCUT2D eigenvalue weighted by Crippen LogP contribution is -2.88. The third kappa shape index (κ3) is 18.4. The maximum absolute atomic E-state index is 8.24. The Bertz CT molecular complexity index is 1460. The Balaban J connectivity index is 2.06. The van der Waals surface area contributed by atoms with E-state index in [0.717, 1.165) is 0 Å². The summed E-state index contributed by atoms with van der Waals surface area (Å²) in [5.41, 5.74) is 0. The van der Waals surface area contributed by atoms with Crippen LogP contribution in [0, 0.1) is 0 Å². The molecule has 0 aromatic rings. The normalized spacial score (nSPS) is 33.8. The first-order valence-corrected chi connectivity index (χ1v) is 67.8. The molecule has 0 aliphatic carbocycles. The molecule has 6 rings (SSSR count). The first-order valence-electron chi connectivity index (χ1n) is 27.5. The molecule has 0 amide bonds. The highest BCUT2D eigenvalue weighted by molar-refractivity contribution is 7.04. The average Bonchev–Trinajstić information content (AvgIpc) is 3.32. The highest BCUT2D eigenvalue weighted by Crippen LogP contribution is 2.56. The van der Waals surface area contributed by atoms with Crippen molar-refractivity contribution in [3.8, 4) is 0 Å². The van der Waals surface area contributed by atoms with E-state index in [0.29, 0.717) is 96.7 Å². The molecule has 6 heterocycles. The van der Waals surface area contributed by atoms with Gasteiger partial charge >= 0.3 is 70.4 Å². The topological polar surface area (TPSA) is 185 Å². The maximum Gasteiger partial charge on any atom is 0.478 e. The minimum Gasteiger partial charge on any atom is -0.420 e. The summed E-state index contributed by atoms with van der Waals surface area (Å²) < 4.78 is 149. The molecule has 0 N–H and O–H groups in total. The van der Waals surface area contributed by atoms with Gasteiger partial charge in [-0.05, 0) is 153 Å². The summed E-state index contributed by atoms with van der Waals surface area (Å²) in [5, 5.41) is 0. The fourth-order valence-corrected chi connectivity index (χ4v) is 85.3. The van der Waals surface area contributed by atoms with Gasteiger partial charge in [-0.15, -0.1) is 0 Å². The van der Waals surface area contributed by atoms with E-state index in [2.05, 4.69) is 105 Å². The van der Waals surface area contributed by atoms with E-state index >= 15 is 0 Å². The van der Waals surface area contributed by atoms with Gasteiger partial charge in [0.05, 0.1) is 0 Å². The van der Waals surface area contributed by atoms with E-state index in [1.165, 1.54) is 0 Å². The van der Waals surface area contributed by atoms with Crippen LogP contribution in [0.5, 0.6) is 0 Å². The van der Waals surface area contributed by atoms with Gasteiger partial charge in [0.2, 0.25) is 0 Å². The fraction of sp³-hybridized carbons (Fsp3) is 1.00. The second kappa shape index (κ2) is 25.2. The quantitative estimate of drug-likeness (QED) is 0.0579. The largest absolute Gasteiger partial charge is 0.478 e. The molecule has 448 valence electrons.